The van der Waals surface area contributed by atoms with E-state index in [9.17, 15) is 4.79 Å². The van der Waals surface area contributed by atoms with E-state index in [-0.39, 0.29) is 5.91 Å². The van der Waals surface area contributed by atoms with Gasteiger partial charge in [0.15, 0.2) is 0 Å². The summed E-state index contributed by atoms with van der Waals surface area (Å²) in [5.74, 6) is -0.118. The van der Waals surface area contributed by atoms with Crippen molar-refractivity contribution in [3.05, 3.63) is 58.9 Å². The topological polar surface area (TPSA) is 59.2 Å². The molecule has 0 radical (unpaired) electrons. The van der Waals surface area contributed by atoms with Gasteiger partial charge in [0.25, 0.3) is 5.91 Å². The van der Waals surface area contributed by atoms with Gasteiger partial charge in [0.2, 0.25) is 0 Å². The number of hydrogen-bond donors (Lipinski definition) is 1. The third kappa shape index (κ3) is 3.48. The predicted molar refractivity (Wildman–Crippen MR) is 80.5 cm³/mol. The zero-order chi connectivity index (χ0) is 14.5. The number of anilines is 1. The summed E-state index contributed by atoms with van der Waals surface area (Å²) in [7, 11) is 0. The first kappa shape index (κ1) is 14.3. The molecule has 0 atom stereocenters. The summed E-state index contributed by atoms with van der Waals surface area (Å²) in [6.45, 7) is 3.03. The van der Waals surface area contributed by atoms with E-state index in [1.165, 1.54) is 6.20 Å². The van der Waals surface area contributed by atoms with E-state index in [0.29, 0.717) is 29.5 Å². The lowest BCUT2D eigenvalue weighted by Crippen LogP contribution is -2.30. The summed E-state index contributed by atoms with van der Waals surface area (Å²) < 4.78 is 0. The molecule has 5 heteroatoms. The Morgan fingerprint density at radius 1 is 1.35 bits per heavy atom. The van der Waals surface area contributed by atoms with E-state index in [1.54, 1.807) is 17.0 Å². The lowest BCUT2D eigenvalue weighted by atomic mass is 10.2. The van der Waals surface area contributed by atoms with Gasteiger partial charge < -0.3 is 10.6 Å². The van der Waals surface area contributed by atoms with Crippen LogP contribution in [0.25, 0.3) is 0 Å². The third-order valence-corrected chi connectivity index (χ3v) is 3.17. The van der Waals surface area contributed by atoms with E-state index in [4.69, 9.17) is 17.3 Å². The van der Waals surface area contributed by atoms with Gasteiger partial charge in [-0.3, -0.25) is 4.79 Å². The minimum atomic E-state index is -0.118. The molecule has 104 valence electrons. The molecule has 0 spiro atoms. The third-order valence-electron chi connectivity index (χ3n) is 2.94. The highest BCUT2D eigenvalue weighted by Crippen LogP contribution is 2.14. The fourth-order valence-corrected chi connectivity index (χ4v) is 2.09. The zero-order valence-corrected chi connectivity index (χ0v) is 12.0. The van der Waals surface area contributed by atoms with Gasteiger partial charge >= 0.3 is 0 Å². The molecule has 1 aromatic heterocycles. The van der Waals surface area contributed by atoms with Crippen LogP contribution in [0.5, 0.6) is 0 Å². The van der Waals surface area contributed by atoms with Gasteiger partial charge in [-0.15, -0.1) is 0 Å². The molecule has 0 aliphatic carbocycles. The molecule has 2 N–H and O–H groups in total. The van der Waals surface area contributed by atoms with Crippen LogP contribution in [0.3, 0.4) is 0 Å². The first-order valence-corrected chi connectivity index (χ1v) is 6.73. The Bertz CT molecular complexity index is 598. The molecule has 2 rings (SSSR count). The van der Waals surface area contributed by atoms with Gasteiger partial charge in [0.1, 0.15) is 5.69 Å². The number of nitrogen functional groups attached to an aromatic ring is 1. The van der Waals surface area contributed by atoms with Crippen LogP contribution < -0.4 is 5.73 Å². The second kappa shape index (κ2) is 6.39. The fraction of sp³-hybridized carbons (Fsp3) is 0.200. The van der Waals surface area contributed by atoms with E-state index < -0.39 is 0 Å². The van der Waals surface area contributed by atoms with Gasteiger partial charge in [-0.1, -0.05) is 23.7 Å². The molecule has 0 fully saturated rings. The van der Waals surface area contributed by atoms with Crippen molar-refractivity contribution >= 4 is 23.2 Å². The number of rotatable bonds is 4. The number of carbonyl (C=O) groups is 1. The first-order valence-electron chi connectivity index (χ1n) is 6.35. The number of amides is 1. The molecule has 1 aromatic carbocycles. The Hall–Kier alpha value is -2.07. The molecule has 0 saturated heterocycles. The Morgan fingerprint density at radius 3 is 2.75 bits per heavy atom. The second-order valence-corrected chi connectivity index (χ2v) is 4.86. The maximum absolute atomic E-state index is 12.4. The molecular formula is C15H16ClN3O. The minimum absolute atomic E-state index is 0.118. The Balaban J connectivity index is 2.15. The monoisotopic (exact) mass is 289 g/mol. The van der Waals surface area contributed by atoms with Crippen molar-refractivity contribution in [2.45, 2.75) is 13.5 Å². The smallest absolute Gasteiger partial charge is 0.272 e. The SMILES string of the molecule is CCN(Cc1cccc(Cl)c1)C(=O)c1ccc(N)cn1. The van der Waals surface area contributed by atoms with Crippen LogP contribution in [0.2, 0.25) is 5.02 Å². The number of nitrogens with two attached hydrogens (primary N) is 1. The van der Waals surface area contributed by atoms with E-state index in [1.807, 2.05) is 31.2 Å². The van der Waals surface area contributed by atoms with Crippen molar-refractivity contribution in [1.82, 2.24) is 9.88 Å². The number of hydrogen-bond acceptors (Lipinski definition) is 3. The Labute approximate surface area is 123 Å². The summed E-state index contributed by atoms with van der Waals surface area (Å²) in [5, 5.41) is 0.664. The average Bonchev–Trinajstić information content (AvgIpc) is 2.45. The molecule has 1 amide bonds. The molecule has 2 aromatic rings. The molecule has 0 aliphatic heterocycles. The highest BCUT2D eigenvalue weighted by Gasteiger charge is 2.15. The molecule has 0 aliphatic rings. The molecule has 0 saturated carbocycles. The minimum Gasteiger partial charge on any atom is -0.397 e. The van der Waals surface area contributed by atoms with Crippen LogP contribution in [0.15, 0.2) is 42.6 Å². The summed E-state index contributed by atoms with van der Waals surface area (Å²) in [5.41, 5.74) is 7.50. The zero-order valence-electron chi connectivity index (χ0n) is 11.2. The van der Waals surface area contributed by atoms with Gasteiger partial charge in [-0.05, 0) is 36.8 Å². The number of halogens is 1. The average molecular weight is 290 g/mol. The van der Waals surface area contributed by atoms with Gasteiger partial charge in [-0.2, -0.15) is 0 Å². The molecule has 0 bridgehead atoms. The van der Waals surface area contributed by atoms with Gasteiger partial charge in [0.05, 0.1) is 11.9 Å². The van der Waals surface area contributed by atoms with Crippen molar-refractivity contribution in [3.8, 4) is 0 Å². The molecule has 20 heavy (non-hydrogen) atoms. The fourth-order valence-electron chi connectivity index (χ4n) is 1.88. The largest absolute Gasteiger partial charge is 0.397 e. The van der Waals surface area contributed by atoms with Crippen LogP contribution in [-0.2, 0) is 6.54 Å². The second-order valence-electron chi connectivity index (χ2n) is 4.43. The number of aromatic nitrogens is 1. The van der Waals surface area contributed by atoms with E-state index >= 15 is 0 Å². The number of nitrogens with zero attached hydrogens (tertiary/aromatic N) is 2. The summed E-state index contributed by atoms with van der Waals surface area (Å²) in [6.07, 6.45) is 1.49. The van der Waals surface area contributed by atoms with Crippen LogP contribution in [0.4, 0.5) is 5.69 Å². The van der Waals surface area contributed by atoms with E-state index in [2.05, 4.69) is 4.98 Å². The number of carbonyl (C=O) groups excluding carboxylic acids is 1. The lowest BCUT2D eigenvalue weighted by molar-refractivity contribution is 0.0746. The molecule has 4 nitrogen and oxygen atoms in total. The summed E-state index contributed by atoms with van der Waals surface area (Å²) in [6, 6.07) is 10.8. The van der Waals surface area contributed by atoms with Crippen molar-refractivity contribution in [3.63, 3.8) is 0 Å². The van der Waals surface area contributed by atoms with Crippen molar-refractivity contribution in [1.29, 1.82) is 0 Å². The quantitative estimate of drug-likeness (QED) is 0.941. The maximum atomic E-state index is 12.4. The van der Waals surface area contributed by atoms with Crippen molar-refractivity contribution < 1.29 is 4.79 Å². The highest BCUT2D eigenvalue weighted by atomic mass is 35.5. The van der Waals surface area contributed by atoms with E-state index in [0.717, 1.165) is 5.56 Å². The maximum Gasteiger partial charge on any atom is 0.272 e. The van der Waals surface area contributed by atoms with Crippen molar-refractivity contribution in [2.24, 2.45) is 0 Å². The molecule has 0 unspecified atom stereocenters. The van der Waals surface area contributed by atoms with Crippen molar-refractivity contribution in [2.75, 3.05) is 12.3 Å². The Kier molecular flexibility index (Phi) is 4.58. The van der Waals surface area contributed by atoms with Crippen LogP contribution >= 0.6 is 11.6 Å². The Morgan fingerprint density at radius 2 is 2.15 bits per heavy atom. The molecule has 1 heterocycles. The first-order chi connectivity index (χ1) is 9.60. The number of pyridine rings is 1. The van der Waals surface area contributed by atoms with Gasteiger partial charge in [0, 0.05) is 18.1 Å². The summed E-state index contributed by atoms with van der Waals surface area (Å²) in [4.78, 5) is 18.1. The normalized spacial score (nSPS) is 10.3. The standard InChI is InChI=1S/C15H16ClN3O/c1-2-19(10-11-4-3-5-12(16)8-11)15(20)14-7-6-13(17)9-18-14/h3-9H,2,10,17H2,1H3. The van der Waals surface area contributed by atoms with Crippen LogP contribution in [0, 0.1) is 0 Å². The van der Waals surface area contributed by atoms with Gasteiger partial charge in [-0.25, -0.2) is 4.98 Å². The predicted octanol–water partition coefficient (Wildman–Crippen LogP) is 2.98. The van der Waals surface area contributed by atoms with Crippen LogP contribution in [-0.4, -0.2) is 22.3 Å². The summed E-state index contributed by atoms with van der Waals surface area (Å²) >= 11 is 5.96. The highest BCUT2D eigenvalue weighted by molar-refractivity contribution is 6.30. The lowest BCUT2D eigenvalue weighted by Gasteiger charge is -2.20. The number of benzene rings is 1. The van der Waals surface area contributed by atoms with Crippen LogP contribution in [0.1, 0.15) is 23.0 Å². The molecular weight excluding hydrogens is 274 g/mol.